The molecule has 0 saturated carbocycles. The van der Waals surface area contributed by atoms with Crippen molar-refractivity contribution in [2.75, 3.05) is 0 Å². The summed E-state index contributed by atoms with van der Waals surface area (Å²) in [6.45, 7) is 2.18. The zero-order chi connectivity index (χ0) is 12.4. The summed E-state index contributed by atoms with van der Waals surface area (Å²) >= 11 is 0. The minimum atomic E-state index is 0. The van der Waals surface area contributed by atoms with Gasteiger partial charge in [-0.25, -0.2) is 0 Å². The van der Waals surface area contributed by atoms with Crippen LogP contribution in [0.4, 0.5) is 0 Å². The second-order valence-electron chi connectivity index (χ2n) is 4.39. The van der Waals surface area contributed by atoms with E-state index in [0.29, 0.717) is 0 Å². The van der Waals surface area contributed by atoms with Crippen LogP contribution >= 0.6 is 17.0 Å². The van der Waals surface area contributed by atoms with Gasteiger partial charge in [0.1, 0.15) is 0 Å². The highest BCUT2D eigenvalue weighted by Crippen LogP contribution is 2.28. The zero-order valence-corrected chi connectivity index (χ0v) is 12.5. The molecule has 2 heteroatoms. The standard InChI is InChI=1S/C17H15N.BrH/c1-2-13-7-3-5-9-15(13)17-16-10-6-4-8-14(16)11-12-18-17;/h3-12H,2H2,1H3;1H. The quantitative estimate of drug-likeness (QED) is 0.645. The second-order valence-corrected chi connectivity index (χ2v) is 4.39. The number of halogens is 1. The molecule has 0 aliphatic carbocycles. The van der Waals surface area contributed by atoms with Gasteiger partial charge in [-0.05, 0) is 23.4 Å². The van der Waals surface area contributed by atoms with Gasteiger partial charge in [0.15, 0.2) is 0 Å². The van der Waals surface area contributed by atoms with Gasteiger partial charge in [-0.15, -0.1) is 17.0 Å². The third-order valence-electron chi connectivity index (χ3n) is 3.33. The highest BCUT2D eigenvalue weighted by molar-refractivity contribution is 8.93. The lowest BCUT2D eigenvalue weighted by atomic mass is 9.98. The monoisotopic (exact) mass is 313 g/mol. The Labute approximate surface area is 124 Å². The molecule has 0 saturated heterocycles. The third kappa shape index (κ3) is 2.54. The summed E-state index contributed by atoms with van der Waals surface area (Å²) in [5, 5.41) is 2.47. The number of rotatable bonds is 2. The first-order chi connectivity index (χ1) is 8.90. The smallest absolute Gasteiger partial charge is 0.0783 e. The van der Waals surface area contributed by atoms with Gasteiger partial charge in [0, 0.05) is 17.1 Å². The molecule has 0 spiro atoms. The lowest BCUT2D eigenvalue weighted by Crippen LogP contribution is -1.91. The van der Waals surface area contributed by atoms with Crippen molar-refractivity contribution in [3.8, 4) is 11.3 Å². The summed E-state index contributed by atoms with van der Waals surface area (Å²) in [4.78, 5) is 4.59. The maximum atomic E-state index is 4.59. The van der Waals surface area contributed by atoms with Crippen LogP contribution in [0, 0.1) is 0 Å². The predicted octanol–water partition coefficient (Wildman–Crippen LogP) is 5.04. The van der Waals surface area contributed by atoms with E-state index in [2.05, 4.69) is 66.5 Å². The van der Waals surface area contributed by atoms with E-state index >= 15 is 0 Å². The highest BCUT2D eigenvalue weighted by atomic mass is 79.9. The van der Waals surface area contributed by atoms with Crippen molar-refractivity contribution in [3.05, 3.63) is 66.4 Å². The first-order valence-electron chi connectivity index (χ1n) is 6.32. The van der Waals surface area contributed by atoms with Crippen molar-refractivity contribution in [2.24, 2.45) is 0 Å². The molecule has 3 rings (SSSR count). The van der Waals surface area contributed by atoms with Gasteiger partial charge in [-0.3, -0.25) is 4.98 Å². The Morgan fingerprint density at radius 3 is 2.47 bits per heavy atom. The van der Waals surface area contributed by atoms with Crippen LogP contribution in [0.25, 0.3) is 22.0 Å². The lowest BCUT2D eigenvalue weighted by molar-refractivity contribution is 1.14. The SMILES string of the molecule is Br.CCc1ccccc1-c1nccc2ccccc12. The van der Waals surface area contributed by atoms with Crippen LogP contribution in [-0.4, -0.2) is 4.98 Å². The maximum absolute atomic E-state index is 4.59. The normalized spacial score (nSPS) is 10.2. The van der Waals surface area contributed by atoms with E-state index in [0.717, 1.165) is 12.1 Å². The topological polar surface area (TPSA) is 12.9 Å². The molecule has 0 radical (unpaired) electrons. The minimum absolute atomic E-state index is 0. The summed E-state index contributed by atoms with van der Waals surface area (Å²) < 4.78 is 0. The maximum Gasteiger partial charge on any atom is 0.0783 e. The summed E-state index contributed by atoms with van der Waals surface area (Å²) in [6, 6.07) is 19.0. The molecule has 0 bridgehead atoms. The van der Waals surface area contributed by atoms with Crippen molar-refractivity contribution in [2.45, 2.75) is 13.3 Å². The van der Waals surface area contributed by atoms with Crippen LogP contribution in [0.3, 0.4) is 0 Å². The molecule has 19 heavy (non-hydrogen) atoms. The molecule has 1 aromatic heterocycles. The van der Waals surface area contributed by atoms with E-state index in [-0.39, 0.29) is 17.0 Å². The molecule has 0 amide bonds. The number of fused-ring (bicyclic) bond motifs is 1. The fourth-order valence-electron chi connectivity index (χ4n) is 2.39. The molecule has 3 aromatic rings. The molecule has 0 aliphatic rings. The van der Waals surface area contributed by atoms with Crippen molar-refractivity contribution in [3.63, 3.8) is 0 Å². The molecule has 2 aromatic carbocycles. The Hall–Kier alpha value is -1.67. The first kappa shape index (κ1) is 13.8. The van der Waals surface area contributed by atoms with E-state index in [9.17, 15) is 0 Å². The molecule has 0 aliphatic heterocycles. The van der Waals surface area contributed by atoms with Gasteiger partial charge < -0.3 is 0 Å². The number of pyridine rings is 1. The second kappa shape index (κ2) is 5.98. The number of hydrogen-bond donors (Lipinski definition) is 0. The van der Waals surface area contributed by atoms with Gasteiger partial charge in [-0.2, -0.15) is 0 Å². The molecule has 0 unspecified atom stereocenters. The van der Waals surface area contributed by atoms with Gasteiger partial charge in [-0.1, -0.05) is 55.5 Å². The molecule has 1 heterocycles. The number of aryl methyl sites for hydroxylation is 1. The summed E-state index contributed by atoms with van der Waals surface area (Å²) in [5.41, 5.74) is 3.68. The van der Waals surface area contributed by atoms with Gasteiger partial charge in [0.05, 0.1) is 5.69 Å². The third-order valence-corrected chi connectivity index (χ3v) is 3.33. The van der Waals surface area contributed by atoms with Crippen LogP contribution in [0.15, 0.2) is 60.8 Å². The van der Waals surface area contributed by atoms with Crippen LogP contribution in [0.1, 0.15) is 12.5 Å². The van der Waals surface area contributed by atoms with E-state index in [1.165, 1.54) is 21.9 Å². The van der Waals surface area contributed by atoms with Gasteiger partial charge in [0.2, 0.25) is 0 Å². The van der Waals surface area contributed by atoms with Crippen molar-refractivity contribution < 1.29 is 0 Å². The van der Waals surface area contributed by atoms with E-state index < -0.39 is 0 Å². The van der Waals surface area contributed by atoms with Gasteiger partial charge >= 0.3 is 0 Å². The Morgan fingerprint density at radius 2 is 1.63 bits per heavy atom. The fraction of sp³-hybridized carbons (Fsp3) is 0.118. The van der Waals surface area contributed by atoms with E-state index in [1.54, 1.807) is 0 Å². The molecule has 1 nitrogen and oxygen atoms in total. The number of hydrogen-bond acceptors (Lipinski definition) is 1. The Morgan fingerprint density at radius 1 is 0.895 bits per heavy atom. The summed E-state index contributed by atoms with van der Waals surface area (Å²) in [7, 11) is 0. The van der Waals surface area contributed by atoms with Crippen molar-refractivity contribution >= 4 is 27.8 Å². The molecule has 96 valence electrons. The van der Waals surface area contributed by atoms with Gasteiger partial charge in [0.25, 0.3) is 0 Å². The molecular weight excluding hydrogens is 298 g/mol. The number of nitrogens with zero attached hydrogens (tertiary/aromatic N) is 1. The van der Waals surface area contributed by atoms with Crippen molar-refractivity contribution in [1.82, 2.24) is 4.98 Å². The predicted molar refractivity (Wildman–Crippen MR) is 86.9 cm³/mol. The van der Waals surface area contributed by atoms with Crippen LogP contribution in [0.2, 0.25) is 0 Å². The molecule has 0 fully saturated rings. The Kier molecular flexibility index (Phi) is 4.33. The van der Waals surface area contributed by atoms with E-state index in [1.807, 2.05) is 6.20 Å². The zero-order valence-electron chi connectivity index (χ0n) is 10.8. The first-order valence-corrected chi connectivity index (χ1v) is 6.32. The van der Waals surface area contributed by atoms with Crippen LogP contribution < -0.4 is 0 Å². The summed E-state index contributed by atoms with van der Waals surface area (Å²) in [5.74, 6) is 0. The highest BCUT2D eigenvalue weighted by Gasteiger charge is 2.07. The molecule has 0 atom stereocenters. The number of benzene rings is 2. The molecule has 0 N–H and O–H groups in total. The largest absolute Gasteiger partial charge is 0.256 e. The van der Waals surface area contributed by atoms with Crippen LogP contribution in [0.5, 0.6) is 0 Å². The summed E-state index contributed by atoms with van der Waals surface area (Å²) in [6.07, 6.45) is 2.92. The Balaban J connectivity index is 0.00000133. The number of aromatic nitrogens is 1. The minimum Gasteiger partial charge on any atom is -0.256 e. The lowest BCUT2D eigenvalue weighted by Gasteiger charge is -2.09. The molecular formula is C17H16BrN. The van der Waals surface area contributed by atoms with Crippen LogP contribution in [-0.2, 0) is 6.42 Å². The average molecular weight is 314 g/mol. The Bertz CT molecular complexity index is 686. The van der Waals surface area contributed by atoms with E-state index in [4.69, 9.17) is 0 Å². The fourth-order valence-corrected chi connectivity index (χ4v) is 2.39. The average Bonchev–Trinajstić information content (AvgIpc) is 2.46. The van der Waals surface area contributed by atoms with Crippen molar-refractivity contribution in [1.29, 1.82) is 0 Å².